The van der Waals surface area contributed by atoms with Gasteiger partial charge in [-0.1, -0.05) is 12.1 Å². The molecule has 4 heteroatoms. The van der Waals surface area contributed by atoms with Crippen molar-refractivity contribution in [2.45, 2.75) is 6.10 Å². The van der Waals surface area contributed by atoms with Crippen LogP contribution in [-0.4, -0.2) is 19.3 Å². The van der Waals surface area contributed by atoms with Gasteiger partial charge in [0.25, 0.3) is 0 Å². The first kappa shape index (κ1) is 13.9. The lowest BCUT2D eigenvalue weighted by Crippen LogP contribution is -2.03. The average molecular weight is 269 g/mol. The standard InChI is InChI=1S/C16H15NO3/c1-19-13-7-8-15(20-2)14(9-13)16(18)12-5-3-11(10-17)4-6-12/h3-9,16,18H,1-2H3. The van der Waals surface area contributed by atoms with Gasteiger partial charge in [0.1, 0.15) is 17.6 Å². The number of rotatable bonds is 4. The number of nitriles is 1. The molecule has 2 aromatic carbocycles. The van der Waals surface area contributed by atoms with Crippen LogP contribution in [0.25, 0.3) is 0 Å². The summed E-state index contributed by atoms with van der Waals surface area (Å²) in [5.41, 5.74) is 1.87. The first-order chi connectivity index (χ1) is 9.69. The molecule has 0 spiro atoms. The van der Waals surface area contributed by atoms with E-state index < -0.39 is 6.10 Å². The van der Waals surface area contributed by atoms with Gasteiger partial charge in [-0.05, 0) is 35.9 Å². The quantitative estimate of drug-likeness (QED) is 0.926. The highest BCUT2D eigenvalue weighted by Crippen LogP contribution is 2.33. The van der Waals surface area contributed by atoms with Gasteiger partial charge >= 0.3 is 0 Å². The van der Waals surface area contributed by atoms with E-state index in [4.69, 9.17) is 14.7 Å². The third kappa shape index (κ3) is 2.73. The molecule has 0 bridgehead atoms. The van der Waals surface area contributed by atoms with Gasteiger partial charge in [-0.3, -0.25) is 0 Å². The van der Waals surface area contributed by atoms with Gasteiger partial charge in [0.15, 0.2) is 0 Å². The van der Waals surface area contributed by atoms with E-state index in [0.717, 1.165) is 0 Å². The lowest BCUT2D eigenvalue weighted by atomic mass is 9.99. The van der Waals surface area contributed by atoms with Crippen molar-refractivity contribution in [3.63, 3.8) is 0 Å². The molecular formula is C16H15NO3. The van der Waals surface area contributed by atoms with Gasteiger partial charge in [-0.15, -0.1) is 0 Å². The molecule has 0 aliphatic heterocycles. The molecule has 1 atom stereocenters. The second-order valence-electron chi connectivity index (χ2n) is 4.24. The third-order valence-electron chi connectivity index (χ3n) is 3.09. The zero-order valence-electron chi connectivity index (χ0n) is 11.3. The summed E-state index contributed by atoms with van der Waals surface area (Å²) in [7, 11) is 3.12. The molecule has 4 nitrogen and oxygen atoms in total. The fourth-order valence-electron chi connectivity index (χ4n) is 1.97. The Kier molecular flexibility index (Phi) is 4.24. The van der Waals surface area contributed by atoms with Crippen molar-refractivity contribution in [2.24, 2.45) is 0 Å². The third-order valence-corrected chi connectivity index (χ3v) is 3.09. The fraction of sp³-hybridized carbons (Fsp3) is 0.188. The van der Waals surface area contributed by atoms with Gasteiger partial charge in [0.2, 0.25) is 0 Å². The minimum absolute atomic E-state index is 0.554. The van der Waals surface area contributed by atoms with Crippen LogP contribution in [0.5, 0.6) is 11.5 Å². The van der Waals surface area contributed by atoms with Crippen molar-refractivity contribution >= 4 is 0 Å². The molecular weight excluding hydrogens is 254 g/mol. The molecule has 0 aromatic heterocycles. The fourth-order valence-corrected chi connectivity index (χ4v) is 1.97. The summed E-state index contributed by atoms with van der Waals surface area (Å²) in [5, 5.41) is 19.3. The minimum atomic E-state index is -0.840. The Hall–Kier alpha value is -2.51. The van der Waals surface area contributed by atoms with Crippen molar-refractivity contribution in [1.82, 2.24) is 0 Å². The maximum Gasteiger partial charge on any atom is 0.125 e. The molecule has 0 radical (unpaired) electrons. The van der Waals surface area contributed by atoms with Crippen LogP contribution in [0.3, 0.4) is 0 Å². The highest BCUT2D eigenvalue weighted by Gasteiger charge is 2.16. The Bertz CT molecular complexity index is 629. The number of aliphatic hydroxyl groups excluding tert-OH is 1. The average Bonchev–Trinajstić information content (AvgIpc) is 2.53. The topological polar surface area (TPSA) is 62.5 Å². The number of hydrogen-bond donors (Lipinski definition) is 1. The van der Waals surface area contributed by atoms with E-state index in [1.165, 1.54) is 0 Å². The van der Waals surface area contributed by atoms with E-state index in [1.54, 1.807) is 56.7 Å². The Morgan fingerprint density at radius 1 is 1.05 bits per heavy atom. The van der Waals surface area contributed by atoms with E-state index in [-0.39, 0.29) is 0 Å². The molecule has 1 unspecified atom stereocenters. The maximum absolute atomic E-state index is 10.5. The lowest BCUT2D eigenvalue weighted by molar-refractivity contribution is 0.214. The molecule has 0 amide bonds. The van der Waals surface area contributed by atoms with E-state index in [2.05, 4.69) is 0 Å². The number of benzene rings is 2. The molecule has 102 valence electrons. The largest absolute Gasteiger partial charge is 0.497 e. The number of aliphatic hydroxyl groups is 1. The molecule has 20 heavy (non-hydrogen) atoms. The van der Waals surface area contributed by atoms with Crippen molar-refractivity contribution in [1.29, 1.82) is 5.26 Å². The summed E-state index contributed by atoms with van der Waals surface area (Å²) < 4.78 is 10.4. The van der Waals surface area contributed by atoms with Crippen molar-refractivity contribution in [3.05, 3.63) is 59.2 Å². The Morgan fingerprint density at radius 2 is 1.75 bits per heavy atom. The lowest BCUT2D eigenvalue weighted by Gasteiger charge is -2.16. The van der Waals surface area contributed by atoms with E-state index >= 15 is 0 Å². The first-order valence-electron chi connectivity index (χ1n) is 6.09. The summed E-state index contributed by atoms with van der Waals surface area (Å²) in [6.07, 6.45) is -0.840. The molecule has 1 N–H and O–H groups in total. The summed E-state index contributed by atoms with van der Waals surface area (Å²) in [6.45, 7) is 0. The minimum Gasteiger partial charge on any atom is -0.497 e. The molecule has 0 saturated heterocycles. The molecule has 0 saturated carbocycles. The Morgan fingerprint density at radius 3 is 2.30 bits per heavy atom. The number of ether oxygens (including phenoxy) is 2. The highest BCUT2D eigenvalue weighted by molar-refractivity contribution is 5.45. The molecule has 0 fully saturated rings. The second kappa shape index (κ2) is 6.09. The summed E-state index contributed by atoms with van der Waals surface area (Å²) in [6, 6.07) is 14.1. The number of nitrogens with zero attached hydrogens (tertiary/aromatic N) is 1. The first-order valence-corrected chi connectivity index (χ1v) is 6.09. The van der Waals surface area contributed by atoms with Crippen LogP contribution < -0.4 is 9.47 Å². The van der Waals surface area contributed by atoms with Crippen molar-refractivity contribution in [2.75, 3.05) is 14.2 Å². The van der Waals surface area contributed by atoms with Gasteiger partial charge < -0.3 is 14.6 Å². The SMILES string of the molecule is COc1ccc(OC)c(C(O)c2ccc(C#N)cc2)c1. The maximum atomic E-state index is 10.5. The molecule has 0 aliphatic carbocycles. The van der Waals surface area contributed by atoms with Crippen LogP contribution in [0.15, 0.2) is 42.5 Å². The van der Waals surface area contributed by atoms with Crippen LogP contribution in [0.1, 0.15) is 22.8 Å². The van der Waals surface area contributed by atoms with Crippen LogP contribution in [0, 0.1) is 11.3 Å². The van der Waals surface area contributed by atoms with Crippen LogP contribution in [-0.2, 0) is 0 Å². The van der Waals surface area contributed by atoms with Gasteiger partial charge in [-0.2, -0.15) is 5.26 Å². The van der Waals surface area contributed by atoms with E-state index in [9.17, 15) is 5.11 Å². The molecule has 2 rings (SSSR count). The smallest absolute Gasteiger partial charge is 0.125 e. The summed E-state index contributed by atoms with van der Waals surface area (Å²) >= 11 is 0. The van der Waals surface area contributed by atoms with Crippen LogP contribution >= 0.6 is 0 Å². The normalized spacial score (nSPS) is 11.5. The molecule has 0 heterocycles. The Balaban J connectivity index is 2.40. The predicted molar refractivity (Wildman–Crippen MR) is 74.8 cm³/mol. The monoisotopic (exact) mass is 269 g/mol. The predicted octanol–water partition coefficient (Wildman–Crippen LogP) is 2.66. The van der Waals surface area contributed by atoms with E-state index in [1.807, 2.05) is 6.07 Å². The molecule has 2 aromatic rings. The Labute approximate surface area is 117 Å². The zero-order chi connectivity index (χ0) is 14.5. The van der Waals surface area contributed by atoms with Crippen LogP contribution in [0.2, 0.25) is 0 Å². The van der Waals surface area contributed by atoms with E-state index in [0.29, 0.717) is 28.2 Å². The van der Waals surface area contributed by atoms with Gasteiger partial charge in [0.05, 0.1) is 25.9 Å². The number of methoxy groups -OCH3 is 2. The highest BCUT2D eigenvalue weighted by atomic mass is 16.5. The molecule has 0 aliphatic rings. The van der Waals surface area contributed by atoms with Gasteiger partial charge in [-0.25, -0.2) is 0 Å². The van der Waals surface area contributed by atoms with Gasteiger partial charge in [0, 0.05) is 5.56 Å². The van der Waals surface area contributed by atoms with Crippen molar-refractivity contribution < 1.29 is 14.6 Å². The zero-order valence-corrected chi connectivity index (χ0v) is 11.3. The second-order valence-corrected chi connectivity index (χ2v) is 4.24. The summed E-state index contributed by atoms with van der Waals surface area (Å²) in [5.74, 6) is 1.23. The summed E-state index contributed by atoms with van der Waals surface area (Å²) in [4.78, 5) is 0. The van der Waals surface area contributed by atoms with Crippen molar-refractivity contribution in [3.8, 4) is 17.6 Å². The number of hydrogen-bond acceptors (Lipinski definition) is 4. The van der Waals surface area contributed by atoms with Crippen LogP contribution in [0.4, 0.5) is 0 Å².